The van der Waals surface area contributed by atoms with Crippen molar-refractivity contribution in [2.75, 3.05) is 0 Å². The second-order valence-electron chi connectivity index (χ2n) is 7.06. The lowest BCUT2D eigenvalue weighted by atomic mass is 9.88. The predicted octanol–water partition coefficient (Wildman–Crippen LogP) is 5.23. The fourth-order valence-electron chi connectivity index (χ4n) is 3.80. The van der Waals surface area contributed by atoms with Gasteiger partial charge >= 0.3 is 0 Å². The molecule has 0 aliphatic carbocycles. The summed E-state index contributed by atoms with van der Waals surface area (Å²) in [5, 5.41) is 3.99. The molecule has 148 valence electrons. The average molecular weight is 390 g/mol. The van der Waals surface area contributed by atoms with Crippen LogP contribution in [0.4, 0.5) is 4.39 Å². The van der Waals surface area contributed by atoms with Crippen molar-refractivity contribution >= 4 is 16.8 Å². The standard InChI is InChI=1S/C24H23FN2O2/c1-2-27-16-22(20-10-3-4-11-23(20)27)21(17-7-5-8-18(25)13-17)14-24(28)26-15-19-9-6-12-29-19/h3-13,16,21H,2,14-15H2,1H3,(H,26,28). The van der Waals surface area contributed by atoms with E-state index in [0.29, 0.717) is 12.3 Å². The van der Waals surface area contributed by atoms with E-state index >= 15 is 0 Å². The second kappa shape index (κ2) is 8.35. The van der Waals surface area contributed by atoms with E-state index in [-0.39, 0.29) is 24.1 Å². The maximum absolute atomic E-state index is 14.0. The molecule has 1 unspecified atom stereocenters. The summed E-state index contributed by atoms with van der Waals surface area (Å²) in [6.45, 7) is 3.24. The maximum Gasteiger partial charge on any atom is 0.221 e. The van der Waals surface area contributed by atoms with Gasteiger partial charge in [0.2, 0.25) is 5.91 Å². The van der Waals surface area contributed by atoms with E-state index in [1.165, 1.54) is 12.1 Å². The number of benzene rings is 2. The van der Waals surface area contributed by atoms with Gasteiger partial charge in [-0.1, -0.05) is 30.3 Å². The molecule has 2 aromatic heterocycles. The van der Waals surface area contributed by atoms with Crippen LogP contribution in [-0.4, -0.2) is 10.5 Å². The van der Waals surface area contributed by atoms with Gasteiger partial charge in [0.05, 0.1) is 12.8 Å². The Morgan fingerprint density at radius 2 is 2.00 bits per heavy atom. The van der Waals surface area contributed by atoms with E-state index in [1.807, 2.05) is 24.3 Å². The molecular weight excluding hydrogens is 367 g/mol. The number of hydrogen-bond acceptors (Lipinski definition) is 2. The lowest BCUT2D eigenvalue weighted by Gasteiger charge is -2.17. The molecule has 0 spiro atoms. The number of nitrogens with zero attached hydrogens (tertiary/aromatic N) is 1. The highest BCUT2D eigenvalue weighted by Gasteiger charge is 2.23. The van der Waals surface area contributed by atoms with Crippen molar-refractivity contribution in [2.24, 2.45) is 0 Å². The minimum absolute atomic E-state index is 0.107. The Bertz CT molecular complexity index is 1120. The minimum atomic E-state index is -0.303. The first-order valence-electron chi connectivity index (χ1n) is 9.78. The molecule has 0 saturated heterocycles. The van der Waals surface area contributed by atoms with Gasteiger partial charge in [-0.25, -0.2) is 4.39 Å². The fraction of sp³-hybridized carbons (Fsp3) is 0.208. The summed E-state index contributed by atoms with van der Waals surface area (Å²) in [6, 6.07) is 18.2. The Morgan fingerprint density at radius 3 is 2.76 bits per heavy atom. The maximum atomic E-state index is 14.0. The van der Waals surface area contributed by atoms with Crippen LogP contribution in [0.25, 0.3) is 10.9 Å². The molecular formula is C24H23FN2O2. The van der Waals surface area contributed by atoms with E-state index in [1.54, 1.807) is 18.4 Å². The number of nitrogens with one attached hydrogen (secondary N) is 1. The van der Waals surface area contributed by atoms with Gasteiger partial charge in [0, 0.05) is 36.0 Å². The van der Waals surface area contributed by atoms with Crippen LogP contribution < -0.4 is 5.32 Å². The highest BCUT2D eigenvalue weighted by Crippen LogP contribution is 2.35. The van der Waals surface area contributed by atoms with Crippen molar-refractivity contribution in [1.29, 1.82) is 0 Å². The number of fused-ring (bicyclic) bond motifs is 1. The van der Waals surface area contributed by atoms with E-state index in [4.69, 9.17) is 4.42 Å². The molecule has 1 N–H and O–H groups in total. The third kappa shape index (κ3) is 4.09. The Kier molecular flexibility index (Phi) is 5.47. The zero-order valence-corrected chi connectivity index (χ0v) is 16.3. The van der Waals surface area contributed by atoms with Crippen molar-refractivity contribution < 1.29 is 13.6 Å². The summed E-state index contributed by atoms with van der Waals surface area (Å²) in [5.41, 5.74) is 2.93. The lowest BCUT2D eigenvalue weighted by molar-refractivity contribution is -0.121. The summed E-state index contributed by atoms with van der Waals surface area (Å²) >= 11 is 0. The van der Waals surface area contributed by atoms with Crippen LogP contribution >= 0.6 is 0 Å². The Hall–Kier alpha value is -3.34. The Balaban J connectivity index is 1.69. The first-order valence-corrected chi connectivity index (χ1v) is 9.78. The van der Waals surface area contributed by atoms with Crippen molar-refractivity contribution in [3.05, 3.63) is 95.8 Å². The summed E-state index contributed by atoms with van der Waals surface area (Å²) < 4.78 is 21.4. The lowest BCUT2D eigenvalue weighted by Crippen LogP contribution is -2.24. The van der Waals surface area contributed by atoms with Crippen LogP contribution in [0.2, 0.25) is 0 Å². The van der Waals surface area contributed by atoms with Gasteiger partial charge < -0.3 is 14.3 Å². The SMILES string of the molecule is CCn1cc(C(CC(=O)NCc2ccco2)c2cccc(F)c2)c2ccccc21. The number of carbonyl (C=O) groups is 1. The number of amides is 1. The van der Waals surface area contributed by atoms with Crippen LogP contribution in [0.1, 0.15) is 36.1 Å². The Morgan fingerprint density at radius 1 is 1.14 bits per heavy atom. The predicted molar refractivity (Wildman–Crippen MR) is 111 cm³/mol. The molecule has 0 bridgehead atoms. The first-order chi connectivity index (χ1) is 14.2. The number of hydrogen-bond donors (Lipinski definition) is 1. The average Bonchev–Trinajstić information content (AvgIpc) is 3.38. The molecule has 4 nitrogen and oxygen atoms in total. The summed E-state index contributed by atoms with van der Waals surface area (Å²) in [5.74, 6) is 0.0370. The number of carbonyl (C=O) groups excluding carboxylic acids is 1. The zero-order chi connectivity index (χ0) is 20.2. The molecule has 0 radical (unpaired) electrons. The highest BCUT2D eigenvalue weighted by atomic mass is 19.1. The molecule has 5 heteroatoms. The summed E-state index contributed by atoms with van der Waals surface area (Å²) in [4.78, 5) is 12.7. The number of aryl methyl sites for hydroxylation is 1. The minimum Gasteiger partial charge on any atom is -0.467 e. The molecule has 29 heavy (non-hydrogen) atoms. The van der Waals surface area contributed by atoms with Gasteiger partial charge in [0.15, 0.2) is 0 Å². The van der Waals surface area contributed by atoms with Gasteiger partial charge in [0.1, 0.15) is 11.6 Å². The molecule has 2 aromatic carbocycles. The Labute approximate surface area is 169 Å². The van der Waals surface area contributed by atoms with E-state index in [2.05, 4.69) is 35.1 Å². The highest BCUT2D eigenvalue weighted by molar-refractivity contribution is 5.86. The van der Waals surface area contributed by atoms with Crippen molar-refractivity contribution in [1.82, 2.24) is 9.88 Å². The summed E-state index contributed by atoms with van der Waals surface area (Å²) in [7, 11) is 0. The number of para-hydroxylation sites is 1. The van der Waals surface area contributed by atoms with E-state index in [0.717, 1.165) is 28.6 Å². The summed E-state index contributed by atoms with van der Waals surface area (Å²) in [6.07, 6.45) is 3.89. The number of aromatic nitrogens is 1. The third-order valence-electron chi connectivity index (χ3n) is 5.22. The fourth-order valence-corrected chi connectivity index (χ4v) is 3.80. The molecule has 0 saturated carbocycles. The van der Waals surface area contributed by atoms with Crippen LogP contribution in [0.15, 0.2) is 77.5 Å². The van der Waals surface area contributed by atoms with E-state index in [9.17, 15) is 9.18 Å². The molecule has 4 aromatic rings. The van der Waals surface area contributed by atoms with Gasteiger partial charge in [0.25, 0.3) is 0 Å². The third-order valence-corrected chi connectivity index (χ3v) is 5.22. The van der Waals surface area contributed by atoms with Gasteiger partial charge in [-0.15, -0.1) is 0 Å². The van der Waals surface area contributed by atoms with E-state index < -0.39 is 0 Å². The zero-order valence-electron chi connectivity index (χ0n) is 16.3. The largest absolute Gasteiger partial charge is 0.467 e. The van der Waals surface area contributed by atoms with Crippen LogP contribution in [0, 0.1) is 5.82 Å². The number of furan rings is 1. The molecule has 0 fully saturated rings. The molecule has 2 heterocycles. The molecule has 0 aliphatic rings. The molecule has 4 rings (SSSR count). The van der Waals surface area contributed by atoms with Gasteiger partial charge in [-0.05, 0) is 48.4 Å². The van der Waals surface area contributed by atoms with Gasteiger partial charge in [-0.3, -0.25) is 4.79 Å². The van der Waals surface area contributed by atoms with Crippen molar-refractivity contribution in [2.45, 2.75) is 32.4 Å². The first kappa shape index (κ1) is 19.0. The quantitative estimate of drug-likeness (QED) is 0.470. The molecule has 0 aliphatic heterocycles. The molecule has 1 amide bonds. The van der Waals surface area contributed by atoms with Crippen LogP contribution in [0.3, 0.4) is 0 Å². The number of rotatable bonds is 7. The monoisotopic (exact) mass is 390 g/mol. The second-order valence-corrected chi connectivity index (χ2v) is 7.06. The number of halogens is 1. The smallest absolute Gasteiger partial charge is 0.221 e. The normalized spacial score (nSPS) is 12.2. The van der Waals surface area contributed by atoms with Crippen LogP contribution in [-0.2, 0) is 17.9 Å². The van der Waals surface area contributed by atoms with Crippen molar-refractivity contribution in [3.63, 3.8) is 0 Å². The molecule has 1 atom stereocenters. The van der Waals surface area contributed by atoms with Gasteiger partial charge in [-0.2, -0.15) is 0 Å². The van der Waals surface area contributed by atoms with Crippen LogP contribution in [0.5, 0.6) is 0 Å². The van der Waals surface area contributed by atoms with Crippen molar-refractivity contribution in [3.8, 4) is 0 Å². The topological polar surface area (TPSA) is 47.2 Å².